The van der Waals surface area contributed by atoms with Gasteiger partial charge in [0, 0.05) is 0 Å². The summed E-state index contributed by atoms with van der Waals surface area (Å²) in [6.45, 7) is 0. The van der Waals surface area contributed by atoms with Crippen LogP contribution in [0.4, 0.5) is 4.79 Å². The first kappa shape index (κ1) is 18.1. The summed E-state index contributed by atoms with van der Waals surface area (Å²) in [6.07, 6.45) is 9.82. The number of hydrogen-bond acceptors (Lipinski definition) is 3. The second kappa shape index (κ2) is 9.18. The smallest absolute Gasteiger partial charge is 0.275 e. The zero-order valence-electron chi connectivity index (χ0n) is 12.4. The number of rotatable bonds is 0. The van der Waals surface area contributed by atoms with E-state index < -0.39 is 23.3 Å². The Labute approximate surface area is 144 Å². The van der Waals surface area contributed by atoms with E-state index in [0.717, 1.165) is 0 Å². The number of terminal acetylenes is 2. The molecule has 1 aliphatic heterocycles. The van der Waals surface area contributed by atoms with Gasteiger partial charge >= 0.3 is 6.03 Å². The molecule has 5 heteroatoms. The van der Waals surface area contributed by atoms with Crippen molar-refractivity contribution in [1.29, 1.82) is 0 Å². The van der Waals surface area contributed by atoms with E-state index in [2.05, 4.69) is 71.0 Å². The van der Waals surface area contributed by atoms with Crippen LogP contribution in [-0.4, -0.2) is 17.8 Å². The zero-order valence-corrected chi connectivity index (χ0v) is 12.4. The summed E-state index contributed by atoms with van der Waals surface area (Å²) in [6, 6.07) is -0.980. The summed E-state index contributed by atoms with van der Waals surface area (Å²) in [5.74, 6) is 29.4. The van der Waals surface area contributed by atoms with Crippen LogP contribution in [0, 0.1) is 101 Å². The largest absolute Gasteiger partial charge is 0.328 e. The van der Waals surface area contributed by atoms with Gasteiger partial charge in [-0.25, -0.2) is 4.79 Å². The van der Waals surface area contributed by atoms with Crippen LogP contribution in [0.1, 0.15) is 0 Å². The number of imide groups is 2. The Morgan fingerprint density at radius 3 is 1.36 bits per heavy atom. The summed E-state index contributed by atoms with van der Waals surface area (Å²) < 4.78 is 0. The lowest BCUT2D eigenvalue weighted by molar-refractivity contribution is -0.136. The fourth-order valence-corrected chi connectivity index (χ4v) is 1.30. The number of nitrogens with one attached hydrogen (secondary N) is 2. The minimum Gasteiger partial charge on any atom is -0.275 e. The molecule has 0 aromatic heterocycles. The first-order valence-electron chi connectivity index (χ1n) is 6.19. The summed E-state index contributed by atoms with van der Waals surface area (Å²) in [7, 11) is 0. The normalized spacial score (nSPS) is 12.0. The number of barbiturate groups is 1. The minimum atomic E-state index is -2.16. The predicted molar refractivity (Wildman–Crippen MR) is 88.4 cm³/mol. The van der Waals surface area contributed by atoms with Crippen molar-refractivity contribution in [3.05, 3.63) is 0 Å². The highest BCUT2D eigenvalue weighted by molar-refractivity contribution is 6.23. The summed E-state index contributed by atoms with van der Waals surface area (Å²) in [4.78, 5) is 35.3. The van der Waals surface area contributed by atoms with Gasteiger partial charge < -0.3 is 0 Å². The maximum absolute atomic E-state index is 12.1. The van der Waals surface area contributed by atoms with E-state index in [0.29, 0.717) is 0 Å². The van der Waals surface area contributed by atoms with Crippen LogP contribution in [0.3, 0.4) is 0 Å². The Balaban J connectivity index is 3.31. The van der Waals surface area contributed by atoms with Crippen molar-refractivity contribution in [2.45, 2.75) is 0 Å². The van der Waals surface area contributed by atoms with Crippen molar-refractivity contribution in [3.8, 4) is 95.7 Å². The first-order valence-corrected chi connectivity index (χ1v) is 6.19. The van der Waals surface area contributed by atoms with E-state index in [1.165, 1.54) is 0 Å². The summed E-state index contributed by atoms with van der Waals surface area (Å²) in [5.41, 5.74) is -2.16. The molecule has 0 atom stereocenters. The number of urea groups is 1. The van der Waals surface area contributed by atoms with Crippen molar-refractivity contribution in [2.24, 2.45) is 5.41 Å². The fourth-order valence-electron chi connectivity index (χ4n) is 1.30. The van der Waals surface area contributed by atoms with Crippen LogP contribution in [0.5, 0.6) is 0 Å². The molecule has 1 heterocycles. The Bertz CT molecular complexity index is 1010. The van der Waals surface area contributed by atoms with Crippen LogP contribution in [-0.2, 0) is 9.59 Å². The van der Waals surface area contributed by atoms with E-state index in [9.17, 15) is 14.4 Å². The standard InChI is InChI=1S/C20H4N2O3/c1-3-5-7-9-11-13-15-20(16-14-12-10-8-6-4-2)17(23)21-19(25)22-18(20)24/h1-2H,(H2,21,22,23,24,25). The molecule has 0 saturated carbocycles. The van der Waals surface area contributed by atoms with Gasteiger partial charge in [0.1, 0.15) is 0 Å². The van der Waals surface area contributed by atoms with Crippen molar-refractivity contribution in [3.63, 3.8) is 0 Å². The molecule has 25 heavy (non-hydrogen) atoms. The zero-order chi connectivity index (χ0) is 18.5. The molecule has 2 N–H and O–H groups in total. The second-order valence-corrected chi connectivity index (χ2v) is 3.78. The summed E-state index contributed by atoms with van der Waals surface area (Å²) in [5, 5.41) is 3.81. The van der Waals surface area contributed by atoms with Gasteiger partial charge in [-0.15, -0.1) is 12.8 Å². The predicted octanol–water partition coefficient (Wildman–Crippen LogP) is -1.37. The molecule has 1 fully saturated rings. The van der Waals surface area contributed by atoms with Crippen molar-refractivity contribution in [2.75, 3.05) is 0 Å². The highest BCUT2D eigenvalue weighted by Gasteiger charge is 2.48. The van der Waals surface area contributed by atoms with E-state index in [-0.39, 0.29) is 0 Å². The lowest BCUT2D eigenvalue weighted by atomic mass is 9.85. The molecule has 1 rings (SSSR count). The number of hydrogen-bond donors (Lipinski definition) is 2. The molecule has 0 unspecified atom stereocenters. The van der Waals surface area contributed by atoms with Crippen LogP contribution < -0.4 is 10.6 Å². The average molecular weight is 320 g/mol. The highest BCUT2D eigenvalue weighted by atomic mass is 16.2. The van der Waals surface area contributed by atoms with Gasteiger partial charge in [0.05, 0.1) is 0 Å². The number of carbonyl (C=O) groups is 3. The second-order valence-electron chi connectivity index (χ2n) is 3.78. The Morgan fingerprint density at radius 2 is 0.960 bits per heavy atom. The van der Waals surface area contributed by atoms with Gasteiger partial charge in [0.15, 0.2) is 0 Å². The molecular weight excluding hydrogens is 316 g/mol. The molecule has 0 aromatic carbocycles. The number of amides is 4. The molecule has 112 valence electrons. The SMILES string of the molecule is C#CC#CC#CC#CC1(C#CC#CC#CC#C)C(=O)NC(=O)NC1=O. The molecule has 1 aliphatic rings. The Morgan fingerprint density at radius 1 is 0.600 bits per heavy atom. The van der Waals surface area contributed by atoms with Crippen molar-refractivity contribution in [1.82, 2.24) is 10.6 Å². The van der Waals surface area contributed by atoms with Crippen LogP contribution in [0.25, 0.3) is 0 Å². The third-order valence-corrected chi connectivity index (χ3v) is 2.28. The van der Waals surface area contributed by atoms with Gasteiger partial charge in [0.2, 0.25) is 0 Å². The third kappa shape index (κ3) is 5.09. The monoisotopic (exact) mass is 320 g/mol. The molecule has 0 bridgehead atoms. The van der Waals surface area contributed by atoms with Gasteiger partial charge in [-0.05, 0) is 82.9 Å². The minimum absolute atomic E-state index is 0.980. The van der Waals surface area contributed by atoms with E-state index in [1.54, 1.807) is 0 Å². The van der Waals surface area contributed by atoms with Crippen molar-refractivity contribution < 1.29 is 14.4 Å². The molecule has 4 amide bonds. The molecule has 1 saturated heterocycles. The maximum Gasteiger partial charge on any atom is 0.328 e. The van der Waals surface area contributed by atoms with Crippen molar-refractivity contribution >= 4 is 17.8 Å². The first-order chi connectivity index (χ1) is 12.1. The lowest BCUT2D eigenvalue weighted by Crippen LogP contribution is -2.61. The van der Waals surface area contributed by atoms with E-state index >= 15 is 0 Å². The molecule has 0 aliphatic carbocycles. The molecular formula is C20H4N2O3. The topological polar surface area (TPSA) is 75.3 Å². The fraction of sp³-hybridized carbons (Fsp3) is 0.0500. The third-order valence-electron chi connectivity index (χ3n) is 2.28. The van der Waals surface area contributed by atoms with Gasteiger partial charge in [-0.2, -0.15) is 0 Å². The highest BCUT2D eigenvalue weighted by Crippen LogP contribution is 2.18. The molecule has 0 spiro atoms. The Hall–Kier alpha value is -4.91. The van der Waals surface area contributed by atoms with Gasteiger partial charge in [-0.1, -0.05) is 0 Å². The van der Waals surface area contributed by atoms with E-state index in [1.807, 2.05) is 22.5 Å². The van der Waals surface area contributed by atoms with Gasteiger partial charge in [0.25, 0.3) is 17.2 Å². The van der Waals surface area contributed by atoms with Crippen LogP contribution in [0.15, 0.2) is 0 Å². The Kier molecular flexibility index (Phi) is 6.66. The average Bonchev–Trinajstić information content (AvgIpc) is 2.57. The molecule has 0 radical (unpaired) electrons. The molecule has 5 nitrogen and oxygen atoms in total. The summed E-state index contributed by atoms with van der Waals surface area (Å²) >= 11 is 0. The lowest BCUT2D eigenvalue weighted by Gasteiger charge is -2.24. The number of carbonyl (C=O) groups excluding carboxylic acids is 3. The molecule has 0 aromatic rings. The maximum atomic E-state index is 12.1. The quantitative estimate of drug-likeness (QED) is 0.427. The van der Waals surface area contributed by atoms with E-state index in [4.69, 9.17) is 12.8 Å². The van der Waals surface area contributed by atoms with Crippen LogP contribution in [0.2, 0.25) is 0 Å². The van der Waals surface area contributed by atoms with Crippen LogP contribution >= 0.6 is 0 Å². The van der Waals surface area contributed by atoms with Gasteiger partial charge in [-0.3, -0.25) is 20.2 Å².